The summed E-state index contributed by atoms with van der Waals surface area (Å²) in [6.07, 6.45) is 8.29. The van der Waals surface area contributed by atoms with Crippen LogP contribution in [-0.2, 0) is 0 Å². The number of hydrogen-bond acceptors (Lipinski definition) is 4. The van der Waals surface area contributed by atoms with Crippen LogP contribution in [0.3, 0.4) is 0 Å². The van der Waals surface area contributed by atoms with Crippen LogP contribution in [0.25, 0.3) is 100 Å². The highest BCUT2D eigenvalue weighted by molar-refractivity contribution is 6.10. The molecule has 0 saturated heterocycles. The first-order valence-electron chi connectivity index (χ1n) is 27.8. The van der Waals surface area contributed by atoms with Gasteiger partial charge in [-0.2, -0.15) is 0 Å². The predicted molar refractivity (Wildman–Crippen MR) is 268 cm³/mol. The molecule has 8 heteroatoms. The van der Waals surface area contributed by atoms with Gasteiger partial charge in [-0.1, -0.05) is 127 Å². The van der Waals surface area contributed by atoms with Crippen LogP contribution in [-0.4, -0.2) is 28.7 Å². The van der Waals surface area contributed by atoms with Crippen LogP contribution in [0.4, 0.5) is 0 Å². The summed E-state index contributed by atoms with van der Waals surface area (Å²) in [5, 5.41) is 3.41. The molecule has 0 radical (unpaired) electrons. The number of benzene rings is 7. The Labute approximate surface area is 403 Å². The van der Waals surface area contributed by atoms with Crippen molar-refractivity contribution >= 4 is 54.9 Å². The van der Waals surface area contributed by atoms with Gasteiger partial charge in [-0.15, -0.1) is 0 Å². The first kappa shape index (κ1) is 27.2. The summed E-state index contributed by atoms with van der Waals surface area (Å²) in [4.78, 5) is 14.3. The number of fused-ring (bicyclic) bond motifs is 7. The SMILES string of the molecule is [2H]c1c([2H])c([2H])c(-c2cccc(-c3c([2H])c([2H])c([2H])c([2H])c3[2H])c2-[n+]2[c-]n(-c3cccc(Oc4ccc5c6ccccc6n(-c6cc(C([2H])([2H])[2H])c(-n7c8ncccc8c8cccnc87)cn6)c5c4)c3)c3ccccc32)c([2H])c1[2H]. The lowest BCUT2D eigenvalue weighted by Gasteiger charge is -2.17. The summed E-state index contributed by atoms with van der Waals surface area (Å²) >= 11 is 0. The van der Waals surface area contributed by atoms with E-state index < -0.39 is 67.3 Å². The van der Waals surface area contributed by atoms with E-state index in [1.807, 2.05) is 89.5 Å². The van der Waals surface area contributed by atoms with Crippen molar-refractivity contribution in [1.29, 1.82) is 0 Å². The van der Waals surface area contributed by atoms with Gasteiger partial charge in [0.05, 0.1) is 59.0 Å². The van der Waals surface area contributed by atoms with Gasteiger partial charge in [-0.3, -0.25) is 18.3 Å². The van der Waals surface area contributed by atoms with Crippen molar-refractivity contribution < 1.29 is 27.1 Å². The van der Waals surface area contributed by atoms with Crippen molar-refractivity contribution in [3.8, 4) is 56.6 Å². The van der Waals surface area contributed by atoms with Crippen LogP contribution in [0, 0.1) is 13.2 Å². The first-order chi connectivity index (χ1) is 38.5. The van der Waals surface area contributed by atoms with E-state index in [2.05, 4.69) is 16.3 Å². The molecule has 0 N–H and O–H groups in total. The van der Waals surface area contributed by atoms with E-state index in [0.29, 0.717) is 56.5 Å². The highest BCUT2D eigenvalue weighted by Crippen LogP contribution is 2.38. The summed E-state index contributed by atoms with van der Waals surface area (Å²) in [7, 11) is 0. The summed E-state index contributed by atoms with van der Waals surface area (Å²) in [5.41, 5.74) is 4.67. The molecule has 0 aliphatic heterocycles. The van der Waals surface area contributed by atoms with Gasteiger partial charge in [0, 0.05) is 44.1 Å². The largest absolute Gasteiger partial charge is 0.458 e. The van der Waals surface area contributed by atoms with Gasteiger partial charge in [0.15, 0.2) is 0 Å². The number of pyridine rings is 3. The monoisotopic (exact) mass is 874 g/mol. The lowest BCUT2D eigenvalue weighted by Crippen LogP contribution is -2.31. The first-order valence-corrected chi connectivity index (χ1v) is 21.3. The molecule has 0 aliphatic carbocycles. The van der Waals surface area contributed by atoms with Crippen LogP contribution in [0.2, 0.25) is 0 Å². The topological polar surface area (TPSA) is 66.6 Å². The normalized spacial score (nSPS) is 14.6. The predicted octanol–water partition coefficient (Wildman–Crippen LogP) is 13.5. The third-order valence-corrected chi connectivity index (χ3v) is 11.9. The van der Waals surface area contributed by atoms with E-state index in [4.69, 9.17) is 27.5 Å². The van der Waals surface area contributed by atoms with Gasteiger partial charge < -0.3 is 4.74 Å². The van der Waals surface area contributed by atoms with Crippen LogP contribution >= 0.6 is 0 Å². The number of hydrogen-bond donors (Lipinski definition) is 0. The van der Waals surface area contributed by atoms with Crippen LogP contribution in [0.5, 0.6) is 11.5 Å². The molecular formula is C59H39N7O. The summed E-state index contributed by atoms with van der Waals surface area (Å²) in [6, 6.07) is 36.2. The Morgan fingerprint density at radius 1 is 0.552 bits per heavy atom. The average molecular weight is 875 g/mol. The van der Waals surface area contributed by atoms with Gasteiger partial charge in [-0.05, 0) is 101 Å². The highest BCUT2D eigenvalue weighted by Gasteiger charge is 2.21. The smallest absolute Gasteiger partial charge is 0.269 e. The van der Waals surface area contributed by atoms with Crippen molar-refractivity contribution in [2.24, 2.45) is 0 Å². The maximum atomic E-state index is 9.04. The number of ether oxygens (including phenoxy) is 1. The number of aromatic nitrogens is 7. The van der Waals surface area contributed by atoms with E-state index in [9.17, 15) is 0 Å². The Balaban J connectivity index is 0.948. The number of nitrogens with zero attached hydrogens (tertiary/aromatic N) is 7. The van der Waals surface area contributed by atoms with Crippen molar-refractivity contribution in [1.82, 2.24) is 28.7 Å². The third kappa shape index (κ3) is 6.30. The van der Waals surface area contributed by atoms with Gasteiger partial charge in [0.1, 0.15) is 28.6 Å². The van der Waals surface area contributed by atoms with Gasteiger partial charge >= 0.3 is 0 Å². The molecule has 67 heavy (non-hydrogen) atoms. The van der Waals surface area contributed by atoms with Crippen molar-refractivity contribution in [2.75, 3.05) is 0 Å². The molecule has 0 amide bonds. The zero-order chi connectivity index (χ0) is 55.6. The Kier molecular flexibility index (Phi) is 6.32. The number of aryl methyl sites for hydroxylation is 1. The van der Waals surface area contributed by atoms with Crippen molar-refractivity contribution in [3.63, 3.8) is 0 Å². The molecule has 7 aromatic carbocycles. The molecular weight excluding hydrogens is 823 g/mol. The average Bonchev–Trinajstić information content (AvgIpc) is 4.16. The molecule has 6 heterocycles. The van der Waals surface area contributed by atoms with Crippen LogP contribution < -0.4 is 9.30 Å². The van der Waals surface area contributed by atoms with Crippen LogP contribution in [0.15, 0.2) is 219 Å². The summed E-state index contributed by atoms with van der Waals surface area (Å²) < 4.78 is 127. The molecule has 0 unspecified atom stereocenters. The lowest BCUT2D eigenvalue weighted by atomic mass is 9.95. The molecule has 0 saturated carbocycles. The zero-order valence-electron chi connectivity index (χ0n) is 48.0. The Morgan fingerprint density at radius 2 is 1.19 bits per heavy atom. The minimum atomic E-state index is -2.58. The second kappa shape index (κ2) is 15.5. The highest BCUT2D eigenvalue weighted by atomic mass is 16.5. The van der Waals surface area contributed by atoms with Crippen molar-refractivity contribution in [3.05, 3.63) is 230 Å². The Bertz CT molecular complexity index is 4580. The fraction of sp³-hybridized carbons (Fsp3) is 0.0169. The fourth-order valence-corrected chi connectivity index (χ4v) is 9.09. The van der Waals surface area contributed by atoms with Gasteiger partial charge in [0.2, 0.25) is 0 Å². The third-order valence-electron chi connectivity index (χ3n) is 11.9. The number of rotatable bonds is 8. The minimum absolute atomic E-state index is 0.0475. The lowest BCUT2D eigenvalue weighted by molar-refractivity contribution is -0.571. The van der Waals surface area contributed by atoms with Gasteiger partial charge in [0.25, 0.3) is 6.33 Å². The molecule has 316 valence electrons. The summed E-state index contributed by atoms with van der Waals surface area (Å²) in [6.45, 7) is -2.58. The second-order valence-electron chi connectivity index (χ2n) is 15.7. The molecule has 8 nitrogen and oxygen atoms in total. The summed E-state index contributed by atoms with van der Waals surface area (Å²) in [5.74, 6) is 1.22. The number of para-hydroxylation sites is 4. The molecule has 0 bridgehead atoms. The molecule has 6 aromatic heterocycles. The minimum Gasteiger partial charge on any atom is -0.458 e. The Morgan fingerprint density at radius 3 is 1.93 bits per heavy atom. The molecule has 0 spiro atoms. The standard InChI is InChI=1S/C59H39N7O/c1-39-34-56(62-37-55(39)66-58-49(25-14-32-60-58)50-26-15-33-61-59(50)66)65-51-27-9-8-22-47(51)48-31-30-44(36-54(48)65)67-43-21-12-20-42(35-43)63-38-64(53-29-11-10-28-52(53)63)57-45(40-16-4-2-5-17-40)23-13-24-46(57)41-18-6-3-7-19-41/h2-37H,1H3/i1D3,2D,3D,4D,5D,6D,7D,16D,17D,18D,19D. The van der Waals surface area contributed by atoms with Crippen molar-refractivity contribution in [2.45, 2.75) is 6.85 Å². The Hall–Kier alpha value is -9.14. The molecule has 0 fully saturated rings. The quantitative estimate of drug-likeness (QED) is 0.113. The molecule has 0 aliphatic rings. The maximum Gasteiger partial charge on any atom is 0.269 e. The molecule has 13 rings (SSSR count). The van der Waals surface area contributed by atoms with Crippen LogP contribution in [0.1, 0.15) is 23.4 Å². The van der Waals surface area contributed by atoms with Gasteiger partial charge in [-0.25, -0.2) is 15.0 Å². The molecule has 13 aromatic rings. The van der Waals surface area contributed by atoms with E-state index in [0.717, 1.165) is 27.1 Å². The van der Waals surface area contributed by atoms with E-state index >= 15 is 0 Å². The second-order valence-corrected chi connectivity index (χ2v) is 15.7. The maximum absolute atomic E-state index is 9.04. The number of imidazole rings is 1. The van der Waals surface area contributed by atoms with E-state index in [-0.39, 0.29) is 33.5 Å². The molecule has 0 atom stereocenters. The van der Waals surface area contributed by atoms with E-state index in [1.165, 1.54) is 0 Å². The van der Waals surface area contributed by atoms with E-state index in [1.54, 1.807) is 86.9 Å². The zero-order valence-corrected chi connectivity index (χ0v) is 35.0. The fourth-order valence-electron chi connectivity index (χ4n) is 9.09.